The molecule has 0 radical (unpaired) electrons. The summed E-state index contributed by atoms with van der Waals surface area (Å²) in [6.07, 6.45) is 3.51. The number of carbonyl (C=O) groups is 1. The van der Waals surface area contributed by atoms with Crippen LogP contribution in [-0.4, -0.2) is 16.9 Å². The zero-order valence-corrected chi connectivity index (χ0v) is 14.3. The Balaban J connectivity index is 2.23. The largest absolute Gasteiger partial charge is 0.355 e. The Kier molecular flexibility index (Phi) is 5.74. The Morgan fingerprint density at radius 2 is 2.04 bits per heavy atom. The number of hydrogen-bond donors (Lipinski definition) is 2. The second-order valence-electron chi connectivity index (χ2n) is 5.80. The molecule has 1 heterocycles. The number of aromatic nitrogens is 1. The summed E-state index contributed by atoms with van der Waals surface area (Å²) in [7, 11) is 0. The van der Waals surface area contributed by atoms with Gasteiger partial charge in [-0.1, -0.05) is 32.0 Å². The van der Waals surface area contributed by atoms with Crippen LogP contribution in [-0.2, 0) is 6.42 Å². The Hall–Kier alpha value is -2.36. The summed E-state index contributed by atoms with van der Waals surface area (Å²) in [4.78, 5) is 16.4. The van der Waals surface area contributed by atoms with Crippen molar-refractivity contribution in [3.05, 3.63) is 53.3 Å². The van der Waals surface area contributed by atoms with E-state index in [1.807, 2.05) is 19.9 Å². The van der Waals surface area contributed by atoms with E-state index in [2.05, 4.69) is 47.7 Å². The van der Waals surface area contributed by atoms with Gasteiger partial charge in [-0.3, -0.25) is 9.78 Å². The molecule has 4 nitrogen and oxygen atoms in total. The fraction of sp³-hybridized carbons (Fsp3) is 0.368. The molecule has 0 aliphatic carbocycles. The number of pyridine rings is 1. The molecule has 23 heavy (non-hydrogen) atoms. The molecule has 4 heteroatoms. The summed E-state index contributed by atoms with van der Waals surface area (Å²) in [6.45, 7) is 8.25. The molecule has 2 rings (SSSR count). The summed E-state index contributed by atoms with van der Waals surface area (Å²) in [5.41, 5.74) is 4.86. The maximum absolute atomic E-state index is 12.2. The lowest BCUT2D eigenvalue weighted by atomic mass is 10.1. The predicted octanol–water partition coefficient (Wildman–Crippen LogP) is 4.22. The van der Waals surface area contributed by atoms with Crippen molar-refractivity contribution < 1.29 is 4.79 Å². The number of amides is 1. The monoisotopic (exact) mass is 311 g/mol. The van der Waals surface area contributed by atoms with Crippen molar-refractivity contribution in [1.82, 2.24) is 10.3 Å². The standard InChI is InChI=1S/C19H25N3O/c1-5-14(4)21-19(23)17-12-16(10-11-20-17)22-18-13(3)8-7-9-15(18)6-2/h7-12,14H,5-6H2,1-4H3,(H,20,22)(H,21,23). The van der Waals surface area contributed by atoms with Gasteiger partial charge in [0.15, 0.2) is 0 Å². The average Bonchev–Trinajstić information content (AvgIpc) is 2.56. The van der Waals surface area contributed by atoms with Crippen molar-refractivity contribution in [2.45, 2.75) is 46.6 Å². The Morgan fingerprint density at radius 3 is 2.74 bits per heavy atom. The van der Waals surface area contributed by atoms with Crippen molar-refractivity contribution in [3.63, 3.8) is 0 Å². The molecule has 0 spiro atoms. The number of para-hydroxylation sites is 1. The van der Waals surface area contributed by atoms with Gasteiger partial charge >= 0.3 is 0 Å². The van der Waals surface area contributed by atoms with Gasteiger partial charge in [0.2, 0.25) is 0 Å². The van der Waals surface area contributed by atoms with Gasteiger partial charge in [0.25, 0.3) is 5.91 Å². The van der Waals surface area contributed by atoms with E-state index in [0.29, 0.717) is 5.69 Å². The Labute approximate surface area is 138 Å². The molecule has 1 amide bonds. The first-order chi connectivity index (χ1) is 11.0. The highest BCUT2D eigenvalue weighted by Gasteiger charge is 2.11. The molecule has 0 fully saturated rings. The van der Waals surface area contributed by atoms with Crippen molar-refractivity contribution in [3.8, 4) is 0 Å². The van der Waals surface area contributed by atoms with E-state index in [9.17, 15) is 4.79 Å². The minimum absolute atomic E-state index is 0.136. The second-order valence-corrected chi connectivity index (χ2v) is 5.80. The lowest BCUT2D eigenvalue weighted by Gasteiger charge is -2.15. The van der Waals surface area contributed by atoms with Gasteiger partial charge in [-0.25, -0.2) is 0 Å². The number of hydrogen-bond acceptors (Lipinski definition) is 3. The molecule has 0 bridgehead atoms. The quantitative estimate of drug-likeness (QED) is 0.839. The zero-order valence-electron chi connectivity index (χ0n) is 14.3. The molecule has 1 aromatic carbocycles. The molecule has 0 saturated carbocycles. The molecular formula is C19H25N3O. The third kappa shape index (κ3) is 4.31. The number of benzene rings is 1. The summed E-state index contributed by atoms with van der Waals surface area (Å²) in [5.74, 6) is -0.136. The summed E-state index contributed by atoms with van der Waals surface area (Å²) < 4.78 is 0. The van der Waals surface area contributed by atoms with Crippen molar-refractivity contribution >= 4 is 17.3 Å². The summed E-state index contributed by atoms with van der Waals surface area (Å²) >= 11 is 0. The third-order valence-corrected chi connectivity index (χ3v) is 3.99. The smallest absolute Gasteiger partial charge is 0.270 e. The topological polar surface area (TPSA) is 54.0 Å². The molecule has 122 valence electrons. The lowest BCUT2D eigenvalue weighted by Crippen LogP contribution is -2.32. The first-order valence-corrected chi connectivity index (χ1v) is 8.17. The van der Waals surface area contributed by atoms with Gasteiger partial charge in [0.05, 0.1) is 0 Å². The van der Waals surface area contributed by atoms with Gasteiger partial charge in [0, 0.05) is 23.6 Å². The molecular weight excluding hydrogens is 286 g/mol. The summed E-state index contributed by atoms with van der Waals surface area (Å²) in [6, 6.07) is 10.1. The molecule has 0 saturated heterocycles. The van der Waals surface area contributed by atoms with Gasteiger partial charge in [-0.05, 0) is 49.9 Å². The molecule has 1 unspecified atom stereocenters. The molecule has 0 aliphatic heterocycles. The molecule has 1 aromatic heterocycles. The molecule has 2 N–H and O–H groups in total. The van der Waals surface area contributed by atoms with Crippen molar-refractivity contribution in [2.24, 2.45) is 0 Å². The lowest BCUT2D eigenvalue weighted by molar-refractivity contribution is 0.0934. The first kappa shape index (κ1) is 17.0. The van der Waals surface area contributed by atoms with Crippen molar-refractivity contribution in [2.75, 3.05) is 5.32 Å². The SMILES string of the molecule is CCc1cccc(C)c1Nc1ccnc(C(=O)NC(C)CC)c1. The maximum Gasteiger partial charge on any atom is 0.270 e. The van der Waals surface area contributed by atoms with Crippen LogP contribution in [0.15, 0.2) is 36.5 Å². The van der Waals surface area contributed by atoms with Crippen LogP contribution in [0.1, 0.15) is 48.8 Å². The van der Waals surface area contributed by atoms with E-state index < -0.39 is 0 Å². The van der Waals surface area contributed by atoms with Crippen LogP contribution in [0, 0.1) is 6.92 Å². The van der Waals surface area contributed by atoms with Crippen LogP contribution in [0.5, 0.6) is 0 Å². The highest BCUT2D eigenvalue weighted by atomic mass is 16.1. The highest BCUT2D eigenvalue weighted by Crippen LogP contribution is 2.25. The van der Waals surface area contributed by atoms with E-state index in [0.717, 1.165) is 24.2 Å². The van der Waals surface area contributed by atoms with E-state index in [-0.39, 0.29) is 11.9 Å². The first-order valence-electron chi connectivity index (χ1n) is 8.17. The zero-order chi connectivity index (χ0) is 16.8. The minimum atomic E-state index is -0.136. The fourth-order valence-corrected chi connectivity index (χ4v) is 2.38. The van der Waals surface area contributed by atoms with Gasteiger partial charge in [-0.15, -0.1) is 0 Å². The van der Waals surface area contributed by atoms with E-state index in [4.69, 9.17) is 0 Å². The third-order valence-electron chi connectivity index (χ3n) is 3.99. The van der Waals surface area contributed by atoms with Crippen LogP contribution in [0.2, 0.25) is 0 Å². The number of nitrogens with one attached hydrogen (secondary N) is 2. The predicted molar refractivity (Wildman–Crippen MR) is 95.3 cm³/mol. The average molecular weight is 311 g/mol. The normalized spacial score (nSPS) is 11.8. The van der Waals surface area contributed by atoms with Gasteiger partial charge in [0.1, 0.15) is 5.69 Å². The van der Waals surface area contributed by atoms with Crippen molar-refractivity contribution in [1.29, 1.82) is 0 Å². The number of carbonyl (C=O) groups excluding carboxylic acids is 1. The number of nitrogens with zero attached hydrogens (tertiary/aromatic N) is 1. The van der Waals surface area contributed by atoms with Crippen LogP contribution in [0.4, 0.5) is 11.4 Å². The van der Waals surface area contributed by atoms with Gasteiger partial charge in [-0.2, -0.15) is 0 Å². The van der Waals surface area contributed by atoms with Crippen LogP contribution < -0.4 is 10.6 Å². The minimum Gasteiger partial charge on any atom is -0.355 e. The van der Waals surface area contributed by atoms with E-state index >= 15 is 0 Å². The molecule has 0 aliphatic rings. The Morgan fingerprint density at radius 1 is 1.26 bits per heavy atom. The van der Waals surface area contributed by atoms with E-state index in [1.54, 1.807) is 12.3 Å². The second kappa shape index (κ2) is 7.77. The van der Waals surface area contributed by atoms with Crippen LogP contribution in [0.3, 0.4) is 0 Å². The van der Waals surface area contributed by atoms with Gasteiger partial charge < -0.3 is 10.6 Å². The molecule has 1 atom stereocenters. The van der Waals surface area contributed by atoms with Crippen LogP contribution in [0.25, 0.3) is 0 Å². The maximum atomic E-state index is 12.2. The van der Waals surface area contributed by atoms with E-state index in [1.165, 1.54) is 11.1 Å². The highest BCUT2D eigenvalue weighted by molar-refractivity contribution is 5.93. The summed E-state index contributed by atoms with van der Waals surface area (Å²) in [5, 5.41) is 6.38. The number of rotatable bonds is 6. The number of aryl methyl sites for hydroxylation is 2. The Bertz CT molecular complexity index is 682. The fourth-order valence-electron chi connectivity index (χ4n) is 2.38. The molecule has 2 aromatic rings. The number of anilines is 2. The van der Waals surface area contributed by atoms with Crippen LogP contribution >= 0.6 is 0 Å².